The molecule has 4 nitrogen and oxygen atoms in total. The summed E-state index contributed by atoms with van der Waals surface area (Å²) in [6.45, 7) is 3.02. The van der Waals surface area contributed by atoms with Crippen molar-refractivity contribution in [3.63, 3.8) is 0 Å². The van der Waals surface area contributed by atoms with Crippen LogP contribution in [-0.4, -0.2) is 5.91 Å². The monoisotopic (exact) mass is 471 g/mol. The lowest BCUT2D eigenvalue weighted by Gasteiger charge is -2.22. The zero-order valence-corrected chi connectivity index (χ0v) is 19.7. The summed E-state index contributed by atoms with van der Waals surface area (Å²) < 4.78 is 11.7. The van der Waals surface area contributed by atoms with Gasteiger partial charge in [0.25, 0.3) is 0 Å². The Hall–Kier alpha value is -3.76. The molecule has 0 saturated carbocycles. The number of anilines is 1. The molecule has 0 aromatic heterocycles. The minimum Gasteiger partial charge on any atom is -0.489 e. The third-order valence-electron chi connectivity index (χ3n) is 5.36. The van der Waals surface area contributed by atoms with Gasteiger partial charge in [-0.05, 0) is 65.2 Å². The summed E-state index contributed by atoms with van der Waals surface area (Å²) in [5.74, 6) is 1.54. The first kappa shape index (κ1) is 23.4. The Morgan fingerprint density at radius 3 is 1.71 bits per heavy atom. The van der Waals surface area contributed by atoms with Gasteiger partial charge >= 0.3 is 0 Å². The molecular formula is C29H26ClNO3. The maximum Gasteiger partial charge on any atom is 0.224 e. The Bertz CT molecular complexity index is 1190. The van der Waals surface area contributed by atoms with Gasteiger partial charge in [0, 0.05) is 17.6 Å². The summed E-state index contributed by atoms with van der Waals surface area (Å²) in [6.07, 6.45) is 0. The van der Waals surface area contributed by atoms with Crippen LogP contribution >= 0.6 is 11.6 Å². The van der Waals surface area contributed by atoms with Crippen molar-refractivity contribution in [2.24, 2.45) is 0 Å². The first-order valence-corrected chi connectivity index (χ1v) is 11.5. The minimum atomic E-state index is -0.0199. The van der Waals surface area contributed by atoms with Crippen molar-refractivity contribution in [2.75, 3.05) is 4.90 Å². The molecule has 34 heavy (non-hydrogen) atoms. The molecule has 0 atom stereocenters. The number of amides is 1. The third-order valence-corrected chi connectivity index (χ3v) is 5.61. The van der Waals surface area contributed by atoms with Gasteiger partial charge in [-0.3, -0.25) is 4.79 Å². The molecule has 4 aromatic carbocycles. The van der Waals surface area contributed by atoms with E-state index in [1.54, 1.807) is 11.8 Å². The van der Waals surface area contributed by atoms with Crippen molar-refractivity contribution in [3.8, 4) is 11.5 Å². The van der Waals surface area contributed by atoms with Gasteiger partial charge in [-0.25, -0.2) is 0 Å². The topological polar surface area (TPSA) is 38.8 Å². The van der Waals surface area contributed by atoms with Gasteiger partial charge < -0.3 is 14.4 Å². The zero-order valence-electron chi connectivity index (χ0n) is 19.0. The molecule has 1 amide bonds. The molecule has 5 heteroatoms. The lowest BCUT2D eigenvalue weighted by molar-refractivity contribution is -0.116. The SMILES string of the molecule is CC(=O)N(Cc1ccc(Cl)cc1)c1ccc(COc2ccc(OCc3ccccc3)cc2)cc1. The van der Waals surface area contributed by atoms with Crippen LogP contribution in [0.5, 0.6) is 11.5 Å². The maximum atomic E-state index is 12.2. The van der Waals surface area contributed by atoms with Crippen molar-refractivity contribution >= 4 is 23.2 Å². The number of hydrogen-bond donors (Lipinski definition) is 0. The molecule has 172 valence electrons. The highest BCUT2D eigenvalue weighted by Gasteiger charge is 2.12. The van der Waals surface area contributed by atoms with Crippen LogP contribution in [0, 0.1) is 0 Å². The van der Waals surface area contributed by atoms with E-state index in [1.807, 2.05) is 103 Å². The van der Waals surface area contributed by atoms with Crippen LogP contribution in [0.2, 0.25) is 5.02 Å². The molecule has 0 radical (unpaired) electrons. The van der Waals surface area contributed by atoms with Gasteiger partial charge in [-0.2, -0.15) is 0 Å². The van der Waals surface area contributed by atoms with E-state index in [9.17, 15) is 4.79 Å². The number of carbonyl (C=O) groups excluding carboxylic acids is 1. The highest BCUT2D eigenvalue weighted by atomic mass is 35.5. The Balaban J connectivity index is 1.31. The molecule has 0 unspecified atom stereocenters. The van der Waals surface area contributed by atoms with Gasteiger partial charge in [-0.1, -0.05) is 66.2 Å². The van der Waals surface area contributed by atoms with Crippen LogP contribution in [-0.2, 0) is 24.6 Å². The molecule has 0 aliphatic heterocycles. The smallest absolute Gasteiger partial charge is 0.224 e. The number of carbonyl (C=O) groups is 1. The van der Waals surface area contributed by atoms with E-state index >= 15 is 0 Å². The maximum absolute atomic E-state index is 12.2. The highest BCUT2D eigenvalue weighted by Crippen LogP contribution is 2.22. The summed E-state index contributed by atoms with van der Waals surface area (Å²) in [6, 6.07) is 33.0. The molecule has 4 rings (SSSR count). The van der Waals surface area contributed by atoms with E-state index in [-0.39, 0.29) is 5.91 Å². The van der Waals surface area contributed by atoms with E-state index in [2.05, 4.69) is 0 Å². The molecule has 0 aliphatic carbocycles. The molecule has 4 aromatic rings. The van der Waals surface area contributed by atoms with Crippen molar-refractivity contribution in [2.45, 2.75) is 26.7 Å². The molecule has 0 heterocycles. The number of benzene rings is 4. The Morgan fingerprint density at radius 1 is 0.676 bits per heavy atom. The van der Waals surface area contributed by atoms with Gasteiger partial charge in [0.05, 0.1) is 6.54 Å². The Kier molecular flexibility index (Phi) is 7.84. The van der Waals surface area contributed by atoms with Crippen LogP contribution in [0.25, 0.3) is 0 Å². The van der Waals surface area contributed by atoms with Crippen molar-refractivity contribution in [1.82, 2.24) is 0 Å². The van der Waals surface area contributed by atoms with E-state index in [0.29, 0.717) is 24.8 Å². The van der Waals surface area contributed by atoms with E-state index in [0.717, 1.165) is 33.9 Å². The van der Waals surface area contributed by atoms with Crippen LogP contribution in [0.3, 0.4) is 0 Å². The summed E-state index contributed by atoms with van der Waals surface area (Å²) >= 11 is 5.97. The average molecular weight is 472 g/mol. The van der Waals surface area contributed by atoms with Gasteiger partial charge in [0.2, 0.25) is 5.91 Å². The number of hydrogen-bond acceptors (Lipinski definition) is 3. The summed E-state index contributed by atoms with van der Waals surface area (Å²) in [7, 11) is 0. The highest BCUT2D eigenvalue weighted by molar-refractivity contribution is 6.30. The van der Waals surface area contributed by atoms with E-state index in [1.165, 1.54) is 0 Å². The predicted molar refractivity (Wildman–Crippen MR) is 136 cm³/mol. The molecule has 0 spiro atoms. The average Bonchev–Trinajstić information content (AvgIpc) is 2.87. The van der Waals surface area contributed by atoms with Gasteiger partial charge in [0.15, 0.2) is 0 Å². The second-order valence-corrected chi connectivity index (χ2v) is 8.37. The lowest BCUT2D eigenvalue weighted by atomic mass is 10.1. The lowest BCUT2D eigenvalue weighted by Crippen LogP contribution is -2.27. The Morgan fingerprint density at radius 2 is 1.18 bits per heavy atom. The number of halogens is 1. The van der Waals surface area contributed by atoms with Crippen molar-refractivity contribution < 1.29 is 14.3 Å². The van der Waals surface area contributed by atoms with E-state index in [4.69, 9.17) is 21.1 Å². The number of rotatable bonds is 9. The first-order valence-electron chi connectivity index (χ1n) is 11.1. The predicted octanol–water partition coefficient (Wildman–Crippen LogP) is 7.05. The molecule has 0 N–H and O–H groups in total. The molecule has 0 bridgehead atoms. The fourth-order valence-corrected chi connectivity index (χ4v) is 3.59. The van der Waals surface area contributed by atoms with E-state index < -0.39 is 0 Å². The quantitative estimate of drug-likeness (QED) is 0.262. The van der Waals surface area contributed by atoms with Gasteiger partial charge in [-0.15, -0.1) is 0 Å². The fraction of sp³-hybridized carbons (Fsp3) is 0.138. The largest absolute Gasteiger partial charge is 0.489 e. The standard InChI is InChI=1S/C29H26ClNO3/c1-22(32)31(19-23-7-11-26(30)12-8-23)27-13-9-25(10-14-27)21-34-29-17-15-28(16-18-29)33-20-24-5-3-2-4-6-24/h2-18H,19-21H2,1H3. The van der Waals surface area contributed by atoms with Crippen LogP contribution in [0.15, 0.2) is 103 Å². The minimum absolute atomic E-state index is 0.0199. The second-order valence-electron chi connectivity index (χ2n) is 7.93. The first-order chi connectivity index (χ1) is 16.6. The van der Waals surface area contributed by atoms with Crippen molar-refractivity contribution in [3.05, 3.63) is 125 Å². The summed E-state index contributed by atoms with van der Waals surface area (Å²) in [5.41, 5.74) is 4.00. The van der Waals surface area contributed by atoms with Crippen LogP contribution in [0.1, 0.15) is 23.6 Å². The van der Waals surface area contributed by atoms with Crippen LogP contribution in [0.4, 0.5) is 5.69 Å². The molecular weight excluding hydrogens is 446 g/mol. The molecule has 0 aliphatic rings. The summed E-state index contributed by atoms with van der Waals surface area (Å²) in [4.78, 5) is 14.0. The molecule has 0 saturated heterocycles. The number of ether oxygens (including phenoxy) is 2. The third kappa shape index (κ3) is 6.63. The zero-order chi connectivity index (χ0) is 23.8. The van der Waals surface area contributed by atoms with Crippen molar-refractivity contribution in [1.29, 1.82) is 0 Å². The van der Waals surface area contributed by atoms with Crippen LogP contribution < -0.4 is 14.4 Å². The normalized spacial score (nSPS) is 10.5. The molecule has 0 fully saturated rings. The second kappa shape index (κ2) is 11.4. The van der Waals surface area contributed by atoms with Gasteiger partial charge in [0.1, 0.15) is 24.7 Å². The fourth-order valence-electron chi connectivity index (χ4n) is 3.47. The Labute approximate surface area is 205 Å². The summed E-state index contributed by atoms with van der Waals surface area (Å²) in [5, 5.41) is 0.678. The number of nitrogens with zero attached hydrogens (tertiary/aromatic N) is 1.